The van der Waals surface area contributed by atoms with Crippen LogP contribution in [0.15, 0.2) is 21.1 Å². The fraction of sp³-hybridized carbons (Fsp3) is 0.273. The molecule has 0 unspecified atom stereocenters. The number of aromatic carboxylic acids is 1. The maximum absolute atomic E-state index is 11.8. The van der Waals surface area contributed by atoms with Gasteiger partial charge in [0.2, 0.25) is 5.91 Å². The van der Waals surface area contributed by atoms with E-state index in [1.807, 2.05) is 0 Å². The number of nitrogens with one attached hydrogen (secondary N) is 1. The molecule has 5 nitrogen and oxygen atoms in total. The number of carbonyl (C=O) groups is 2. The third kappa shape index (κ3) is 3.54. The summed E-state index contributed by atoms with van der Waals surface area (Å²) in [6.07, 6.45) is 0. The highest BCUT2D eigenvalue weighted by molar-refractivity contribution is 9.11. The Hall–Kier alpha value is -0.920. The van der Waals surface area contributed by atoms with Crippen LogP contribution < -0.4 is 11.1 Å². The number of hydrogen-bond donors (Lipinski definition) is 3. The van der Waals surface area contributed by atoms with Gasteiger partial charge in [-0.1, -0.05) is 15.9 Å². The van der Waals surface area contributed by atoms with E-state index >= 15 is 0 Å². The number of carboxylic acid groups (broad SMARTS) is 1. The topological polar surface area (TPSA) is 92.4 Å². The molecule has 18 heavy (non-hydrogen) atoms. The second-order valence-electron chi connectivity index (χ2n) is 4.29. The van der Waals surface area contributed by atoms with Gasteiger partial charge in [0.1, 0.15) is 0 Å². The van der Waals surface area contributed by atoms with Crippen molar-refractivity contribution in [3.05, 3.63) is 26.6 Å². The normalized spacial score (nSPS) is 11.2. The van der Waals surface area contributed by atoms with Gasteiger partial charge in [-0.3, -0.25) is 4.79 Å². The number of anilines is 1. The molecular formula is C11H12Br2N2O3. The van der Waals surface area contributed by atoms with Gasteiger partial charge in [0.15, 0.2) is 0 Å². The second-order valence-corrected chi connectivity index (χ2v) is 6.06. The van der Waals surface area contributed by atoms with Gasteiger partial charge in [-0.2, -0.15) is 0 Å². The van der Waals surface area contributed by atoms with Gasteiger partial charge < -0.3 is 16.2 Å². The van der Waals surface area contributed by atoms with Crippen LogP contribution in [0.5, 0.6) is 0 Å². The highest BCUT2D eigenvalue weighted by Gasteiger charge is 2.25. The van der Waals surface area contributed by atoms with Crippen LogP contribution in [0.2, 0.25) is 0 Å². The first-order chi connectivity index (χ1) is 8.12. The molecule has 1 aromatic carbocycles. The molecule has 0 saturated heterocycles. The predicted molar refractivity (Wildman–Crippen MR) is 75.7 cm³/mol. The van der Waals surface area contributed by atoms with Crippen molar-refractivity contribution in [2.24, 2.45) is 5.73 Å². The fourth-order valence-electron chi connectivity index (χ4n) is 1.14. The Labute approximate surface area is 121 Å². The molecule has 7 heteroatoms. The number of nitrogens with two attached hydrogens (primary N) is 1. The molecule has 0 atom stereocenters. The van der Waals surface area contributed by atoms with E-state index in [9.17, 15) is 9.59 Å². The number of carboxylic acids is 1. The zero-order valence-corrected chi connectivity index (χ0v) is 12.9. The summed E-state index contributed by atoms with van der Waals surface area (Å²) in [6, 6.07) is 3.05. The lowest BCUT2D eigenvalue weighted by atomic mass is 10.1. The SMILES string of the molecule is CC(C)(N)C(=O)Nc1c(Br)cc(Br)cc1C(=O)O. The van der Waals surface area contributed by atoms with Crippen molar-refractivity contribution in [3.8, 4) is 0 Å². The minimum Gasteiger partial charge on any atom is -0.478 e. The van der Waals surface area contributed by atoms with E-state index in [1.165, 1.54) is 19.9 Å². The molecule has 0 aliphatic rings. The van der Waals surface area contributed by atoms with Crippen molar-refractivity contribution < 1.29 is 14.7 Å². The number of rotatable bonds is 3. The summed E-state index contributed by atoms with van der Waals surface area (Å²) in [7, 11) is 0. The molecule has 0 aliphatic heterocycles. The van der Waals surface area contributed by atoms with Gasteiger partial charge in [-0.05, 0) is 41.9 Å². The minimum absolute atomic E-state index is 0.0196. The molecule has 0 radical (unpaired) electrons. The molecule has 1 aromatic rings. The number of hydrogen-bond acceptors (Lipinski definition) is 3. The molecule has 4 N–H and O–H groups in total. The van der Waals surface area contributed by atoms with Gasteiger partial charge in [-0.25, -0.2) is 4.79 Å². The number of carbonyl (C=O) groups excluding carboxylic acids is 1. The van der Waals surface area contributed by atoms with Gasteiger partial charge in [0.25, 0.3) is 0 Å². The Morgan fingerprint density at radius 2 is 1.89 bits per heavy atom. The average Bonchev–Trinajstić information content (AvgIpc) is 2.19. The summed E-state index contributed by atoms with van der Waals surface area (Å²) in [4.78, 5) is 22.9. The standard InChI is InChI=1S/C11H12Br2N2O3/c1-11(2,14)10(18)15-8-6(9(16)17)3-5(12)4-7(8)13/h3-4H,14H2,1-2H3,(H,15,18)(H,16,17). The third-order valence-electron chi connectivity index (χ3n) is 2.11. The molecule has 0 fully saturated rings. The van der Waals surface area contributed by atoms with Crippen LogP contribution in [-0.2, 0) is 4.79 Å². The lowest BCUT2D eigenvalue weighted by Crippen LogP contribution is -2.45. The van der Waals surface area contributed by atoms with E-state index in [1.54, 1.807) is 6.07 Å². The van der Waals surface area contributed by atoms with Gasteiger partial charge in [0, 0.05) is 8.95 Å². The summed E-state index contributed by atoms with van der Waals surface area (Å²) in [5.74, 6) is -1.60. The lowest BCUT2D eigenvalue weighted by molar-refractivity contribution is -0.120. The van der Waals surface area contributed by atoms with E-state index in [0.717, 1.165) is 0 Å². The Morgan fingerprint density at radius 3 is 2.33 bits per heavy atom. The van der Waals surface area contributed by atoms with Gasteiger partial charge in [-0.15, -0.1) is 0 Å². The molecule has 0 spiro atoms. The van der Waals surface area contributed by atoms with Crippen molar-refractivity contribution in [1.29, 1.82) is 0 Å². The van der Waals surface area contributed by atoms with Gasteiger partial charge >= 0.3 is 5.97 Å². The largest absolute Gasteiger partial charge is 0.478 e. The molecule has 98 valence electrons. The summed E-state index contributed by atoms with van der Waals surface area (Å²) >= 11 is 6.40. The molecule has 0 saturated carbocycles. The summed E-state index contributed by atoms with van der Waals surface area (Å²) in [6.45, 7) is 3.07. The van der Waals surface area contributed by atoms with E-state index < -0.39 is 17.4 Å². The Balaban J connectivity index is 3.24. The smallest absolute Gasteiger partial charge is 0.337 e. The average molecular weight is 380 g/mol. The van der Waals surface area contributed by atoms with Crippen molar-refractivity contribution in [1.82, 2.24) is 0 Å². The van der Waals surface area contributed by atoms with Crippen LogP contribution in [0.1, 0.15) is 24.2 Å². The molecule has 1 amide bonds. The summed E-state index contributed by atoms with van der Waals surface area (Å²) in [5, 5.41) is 11.6. The monoisotopic (exact) mass is 378 g/mol. The number of amides is 1. The van der Waals surface area contributed by atoms with Crippen LogP contribution in [0.3, 0.4) is 0 Å². The van der Waals surface area contributed by atoms with E-state index in [4.69, 9.17) is 10.8 Å². The summed E-state index contributed by atoms with van der Waals surface area (Å²) in [5.41, 5.74) is 4.72. The van der Waals surface area contributed by atoms with Gasteiger partial charge in [0.05, 0.1) is 16.8 Å². The van der Waals surface area contributed by atoms with Crippen LogP contribution in [0.4, 0.5) is 5.69 Å². The fourth-order valence-corrected chi connectivity index (χ4v) is 2.47. The quantitative estimate of drug-likeness (QED) is 0.752. The highest BCUT2D eigenvalue weighted by Crippen LogP contribution is 2.31. The van der Waals surface area contributed by atoms with Crippen molar-refractivity contribution in [2.45, 2.75) is 19.4 Å². The molecule has 0 heterocycles. The van der Waals surface area contributed by atoms with Crippen molar-refractivity contribution >= 4 is 49.4 Å². The molecule has 0 aliphatic carbocycles. The van der Waals surface area contributed by atoms with Crippen LogP contribution in [0.25, 0.3) is 0 Å². The van der Waals surface area contributed by atoms with Crippen LogP contribution in [0, 0.1) is 0 Å². The zero-order valence-electron chi connectivity index (χ0n) is 9.75. The van der Waals surface area contributed by atoms with E-state index in [0.29, 0.717) is 8.95 Å². The minimum atomic E-state index is -1.14. The predicted octanol–water partition coefficient (Wildman–Crippen LogP) is 2.59. The van der Waals surface area contributed by atoms with Crippen molar-refractivity contribution in [3.63, 3.8) is 0 Å². The molecule has 0 aromatic heterocycles. The van der Waals surface area contributed by atoms with Crippen LogP contribution in [-0.4, -0.2) is 22.5 Å². The van der Waals surface area contributed by atoms with E-state index in [-0.39, 0.29) is 11.3 Å². The first-order valence-electron chi connectivity index (χ1n) is 4.95. The number of halogens is 2. The first kappa shape index (κ1) is 15.1. The maximum atomic E-state index is 11.8. The first-order valence-corrected chi connectivity index (χ1v) is 6.54. The highest BCUT2D eigenvalue weighted by atomic mass is 79.9. The maximum Gasteiger partial charge on any atom is 0.337 e. The lowest BCUT2D eigenvalue weighted by Gasteiger charge is -2.19. The van der Waals surface area contributed by atoms with Crippen LogP contribution >= 0.6 is 31.9 Å². The van der Waals surface area contributed by atoms with Crippen molar-refractivity contribution in [2.75, 3.05) is 5.32 Å². The zero-order chi connectivity index (χ0) is 14.1. The summed E-state index contributed by atoms with van der Waals surface area (Å²) < 4.78 is 1.06. The Morgan fingerprint density at radius 1 is 1.33 bits per heavy atom. The number of benzene rings is 1. The molecule has 0 bridgehead atoms. The Bertz CT molecular complexity index is 510. The van der Waals surface area contributed by atoms with E-state index in [2.05, 4.69) is 37.2 Å². The second kappa shape index (κ2) is 5.38. The Kier molecular flexibility index (Phi) is 4.52. The third-order valence-corrected chi connectivity index (χ3v) is 3.19. The molecular weight excluding hydrogens is 368 g/mol. The molecule has 1 rings (SSSR count).